The maximum Gasteiger partial charge on any atom is 0.153 e. The van der Waals surface area contributed by atoms with E-state index in [4.69, 9.17) is 0 Å². The largest absolute Gasteiger partial charge is 0.305 e. The van der Waals surface area contributed by atoms with Gasteiger partial charge in [0.25, 0.3) is 0 Å². The van der Waals surface area contributed by atoms with Crippen molar-refractivity contribution in [2.75, 3.05) is 5.75 Å². The molecule has 0 amide bonds. The highest BCUT2D eigenvalue weighted by Crippen LogP contribution is 2.13. The lowest BCUT2D eigenvalue weighted by molar-refractivity contribution is -0.123. The molecule has 90 valence electrons. The van der Waals surface area contributed by atoms with Gasteiger partial charge in [-0.15, -0.1) is 0 Å². The van der Waals surface area contributed by atoms with Gasteiger partial charge in [-0.2, -0.15) is 11.8 Å². The summed E-state index contributed by atoms with van der Waals surface area (Å²) in [5, 5.41) is 3.93. The van der Waals surface area contributed by atoms with Crippen LogP contribution in [-0.4, -0.2) is 28.9 Å². The highest BCUT2D eigenvalue weighted by Gasteiger charge is 2.21. The van der Waals surface area contributed by atoms with Crippen LogP contribution in [0.5, 0.6) is 0 Å². The minimum Gasteiger partial charge on any atom is -0.305 e. The summed E-state index contributed by atoms with van der Waals surface area (Å²) in [4.78, 5) is 11.9. The molecule has 0 spiro atoms. The Labute approximate surface area is 98.6 Å². The minimum absolute atomic E-state index is 0.0115. The first-order chi connectivity index (χ1) is 6.84. The summed E-state index contributed by atoms with van der Waals surface area (Å²) < 4.78 is 0. The lowest BCUT2D eigenvalue weighted by atomic mass is 10.0. The standard InChI is InChI=1S/C12H25NOS/c1-8(2)12(14)11(13-9(3)4)7-15-10(5)6/h8-11,13H,7H2,1-6H3. The summed E-state index contributed by atoms with van der Waals surface area (Å²) in [6, 6.07) is 0.378. The fourth-order valence-electron chi connectivity index (χ4n) is 1.31. The predicted octanol–water partition coefficient (Wildman–Crippen LogP) is 2.72. The molecule has 1 unspecified atom stereocenters. The average Bonchev–Trinajstić information content (AvgIpc) is 2.10. The first kappa shape index (κ1) is 15.0. The Morgan fingerprint density at radius 3 is 2.00 bits per heavy atom. The molecule has 0 fully saturated rings. The van der Waals surface area contributed by atoms with Crippen molar-refractivity contribution < 1.29 is 4.79 Å². The summed E-state index contributed by atoms with van der Waals surface area (Å²) >= 11 is 1.84. The Kier molecular flexibility index (Phi) is 7.28. The smallest absolute Gasteiger partial charge is 0.153 e. The molecule has 0 aliphatic heterocycles. The second-order valence-corrected chi connectivity index (χ2v) is 6.42. The predicted molar refractivity (Wildman–Crippen MR) is 69.5 cm³/mol. The van der Waals surface area contributed by atoms with Crippen LogP contribution in [0.25, 0.3) is 0 Å². The highest BCUT2D eigenvalue weighted by molar-refractivity contribution is 7.99. The number of rotatable bonds is 7. The molecule has 0 saturated carbocycles. The van der Waals surface area contributed by atoms with Gasteiger partial charge in [-0.25, -0.2) is 0 Å². The van der Waals surface area contributed by atoms with E-state index >= 15 is 0 Å². The first-order valence-electron chi connectivity index (χ1n) is 5.76. The molecule has 0 aliphatic carbocycles. The van der Waals surface area contributed by atoms with E-state index in [0.29, 0.717) is 17.1 Å². The summed E-state index contributed by atoms with van der Waals surface area (Å²) in [6.45, 7) is 12.4. The third kappa shape index (κ3) is 6.96. The van der Waals surface area contributed by atoms with Gasteiger partial charge in [0.15, 0.2) is 5.78 Å². The van der Waals surface area contributed by atoms with Gasteiger partial charge in [0.05, 0.1) is 6.04 Å². The van der Waals surface area contributed by atoms with Crippen molar-refractivity contribution in [1.29, 1.82) is 0 Å². The second kappa shape index (κ2) is 7.29. The molecular weight excluding hydrogens is 206 g/mol. The molecule has 0 rings (SSSR count). The zero-order valence-electron chi connectivity index (χ0n) is 10.8. The van der Waals surface area contributed by atoms with E-state index in [2.05, 4.69) is 33.0 Å². The van der Waals surface area contributed by atoms with E-state index in [1.165, 1.54) is 0 Å². The fourth-order valence-corrected chi connectivity index (χ4v) is 2.14. The zero-order chi connectivity index (χ0) is 12.0. The average molecular weight is 231 g/mol. The molecule has 0 aliphatic rings. The normalized spacial score (nSPS) is 13.9. The Bertz CT molecular complexity index is 190. The molecule has 0 saturated heterocycles. The lowest BCUT2D eigenvalue weighted by Gasteiger charge is -2.22. The third-order valence-electron chi connectivity index (χ3n) is 2.04. The summed E-state index contributed by atoms with van der Waals surface area (Å²) in [5.74, 6) is 1.33. The van der Waals surface area contributed by atoms with Crippen LogP contribution in [0.2, 0.25) is 0 Å². The summed E-state index contributed by atoms with van der Waals surface area (Å²) in [5.41, 5.74) is 0. The maximum absolute atomic E-state index is 11.9. The molecule has 0 heterocycles. The number of hydrogen-bond donors (Lipinski definition) is 1. The number of nitrogens with one attached hydrogen (secondary N) is 1. The van der Waals surface area contributed by atoms with Crippen LogP contribution in [0.15, 0.2) is 0 Å². The Hall–Kier alpha value is -0.0200. The van der Waals surface area contributed by atoms with Crippen molar-refractivity contribution in [3.05, 3.63) is 0 Å². The minimum atomic E-state index is 0.0115. The SMILES string of the molecule is CC(C)NC(CSC(C)C)C(=O)C(C)C. The van der Waals surface area contributed by atoms with E-state index < -0.39 is 0 Å². The van der Waals surface area contributed by atoms with E-state index in [1.54, 1.807) is 0 Å². The van der Waals surface area contributed by atoms with Gasteiger partial charge in [0, 0.05) is 17.7 Å². The van der Waals surface area contributed by atoms with Crippen molar-refractivity contribution in [2.45, 2.75) is 58.9 Å². The molecule has 3 heteroatoms. The fraction of sp³-hybridized carbons (Fsp3) is 0.917. The van der Waals surface area contributed by atoms with E-state index in [0.717, 1.165) is 5.75 Å². The van der Waals surface area contributed by atoms with Crippen molar-refractivity contribution in [3.8, 4) is 0 Å². The number of carbonyl (C=O) groups excluding carboxylic acids is 1. The molecule has 0 aromatic carbocycles. The number of Topliss-reactive ketones (excluding diaryl/α,β-unsaturated/α-hetero) is 1. The van der Waals surface area contributed by atoms with Gasteiger partial charge in [0.1, 0.15) is 0 Å². The van der Waals surface area contributed by atoms with Crippen LogP contribution in [0.1, 0.15) is 41.5 Å². The van der Waals surface area contributed by atoms with Crippen molar-refractivity contribution >= 4 is 17.5 Å². The van der Waals surface area contributed by atoms with Crippen molar-refractivity contribution in [1.82, 2.24) is 5.32 Å². The third-order valence-corrected chi connectivity index (χ3v) is 3.24. The number of hydrogen-bond acceptors (Lipinski definition) is 3. The van der Waals surface area contributed by atoms with Gasteiger partial charge in [-0.1, -0.05) is 41.5 Å². The lowest BCUT2D eigenvalue weighted by Crippen LogP contribution is -2.44. The molecule has 0 bridgehead atoms. The van der Waals surface area contributed by atoms with Gasteiger partial charge in [-0.3, -0.25) is 4.79 Å². The van der Waals surface area contributed by atoms with Crippen LogP contribution in [-0.2, 0) is 4.79 Å². The van der Waals surface area contributed by atoms with Crippen molar-refractivity contribution in [3.63, 3.8) is 0 Å². The Morgan fingerprint density at radius 1 is 1.13 bits per heavy atom. The van der Waals surface area contributed by atoms with Crippen LogP contribution in [0, 0.1) is 5.92 Å². The highest BCUT2D eigenvalue weighted by atomic mass is 32.2. The zero-order valence-corrected chi connectivity index (χ0v) is 11.6. The van der Waals surface area contributed by atoms with Gasteiger partial charge in [0.2, 0.25) is 0 Å². The van der Waals surface area contributed by atoms with E-state index in [9.17, 15) is 4.79 Å². The molecule has 1 atom stereocenters. The molecule has 1 N–H and O–H groups in total. The Balaban J connectivity index is 4.24. The Morgan fingerprint density at radius 2 is 1.67 bits per heavy atom. The maximum atomic E-state index is 11.9. The van der Waals surface area contributed by atoms with Crippen molar-refractivity contribution in [2.24, 2.45) is 5.92 Å². The molecule has 0 radical (unpaired) electrons. The molecular formula is C12H25NOS. The molecule has 15 heavy (non-hydrogen) atoms. The molecule has 0 aromatic heterocycles. The van der Waals surface area contributed by atoms with Crippen LogP contribution < -0.4 is 5.32 Å². The monoisotopic (exact) mass is 231 g/mol. The summed E-state index contributed by atoms with van der Waals surface area (Å²) in [7, 11) is 0. The van der Waals surface area contributed by atoms with Crippen LogP contribution in [0.4, 0.5) is 0 Å². The number of carbonyl (C=O) groups is 1. The van der Waals surface area contributed by atoms with Gasteiger partial charge in [-0.05, 0) is 5.25 Å². The molecule has 2 nitrogen and oxygen atoms in total. The second-order valence-electron chi connectivity index (χ2n) is 4.81. The first-order valence-corrected chi connectivity index (χ1v) is 6.80. The topological polar surface area (TPSA) is 29.1 Å². The van der Waals surface area contributed by atoms with Gasteiger partial charge >= 0.3 is 0 Å². The van der Waals surface area contributed by atoms with Crippen LogP contribution >= 0.6 is 11.8 Å². The quantitative estimate of drug-likeness (QED) is 0.730. The van der Waals surface area contributed by atoms with Crippen LogP contribution in [0.3, 0.4) is 0 Å². The number of thioether (sulfide) groups is 1. The van der Waals surface area contributed by atoms with Gasteiger partial charge < -0.3 is 5.32 Å². The summed E-state index contributed by atoms with van der Waals surface area (Å²) in [6.07, 6.45) is 0. The number of ketones is 1. The van der Waals surface area contributed by atoms with E-state index in [-0.39, 0.29) is 12.0 Å². The molecule has 0 aromatic rings. The van der Waals surface area contributed by atoms with E-state index in [1.807, 2.05) is 25.6 Å².